The van der Waals surface area contributed by atoms with Crippen molar-refractivity contribution in [1.29, 1.82) is 0 Å². The van der Waals surface area contributed by atoms with Gasteiger partial charge in [0.25, 0.3) is 5.56 Å². The summed E-state index contributed by atoms with van der Waals surface area (Å²) >= 11 is 5.62. The van der Waals surface area contributed by atoms with Crippen LogP contribution in [0.2, 0.25) is 5.02 Å². The number of aliphatic hydroxyl groups is 2. The Morgan fingerprint density at radius 1 is 1.56 bits per heavy atom. The second-order valence-corrected chi connectivity index (χ2v) is 4.30. The van der Waals surface area contributed by atoms with Gasteiger partial charge in [-0.3, -0.25) is 9.59 Å². The predicted molar refractivity (Wildman–Crippen MR) is 66.3 cm³/mol. The molecule has 0 radical (unpaired) electrons. The molecular weight excluding hydrogens is 260 g/mol. The summed E-state index contributed by atoms with van der Waals surface area (Å²) in [6, 6.07) is 1.30. The number of pyridine rings is 1. The van der Waals surface area contributed by atoms with Crippen LogP contribution >= 0.6 is 11.6 Å². The van der Waals surface area contributed by atoms with E-state index in [0.717, 1.165) is 0 Å². The summed E-state index contributed by atoms with van der Waals surface area (Å²) in [5.74, 6) is -0.205. The van der Waals surface area contributed by atoms with Crippen molar-refractivity contribution >= 4 is 17.5 Å². The molecule has 0 fully saturated rings. The van der Waals surface area contributed by atoms with E-state index in [9.17, 15) is 19.8 Å². The fraction of sp³-hybridized carbons (Fsp3) is 0.455. The Bertz CT molecular complexity index is 474. The van der Waals surface area contributed by atoms with E-state index in [2.05, 4.69) is 10.3 Å². The first-order valence-electron chi connectivity index (χ1n) is 5.40. The molecule has 18 heavy (non-hydrogen) atoms. The molecule has 6 nitrogen and oxygen atoms in total. The number of halogens is 1. The van der Waals surface area contributed by atoms with Crippen LogP contribution < -0.4 is 10.9 Å². The molecule has 1 heterocycles. The molecule has 1 rings (SSSR count). The second kappa shape index (κ2) is 6.53. The number of amides is 1. The first-order valence-corrected chi connectivity index (χ1v) is 5.78. The number of nitrogens with one attached hydrogen (secondary N) is 2. The Balaban J connectivity index is 2.62. The zero-order valence-electron chi connectivity index (χ0n) is 9.81. The number of carbonyl (C=O) groups excluding carboxylic acids is 1. The summed E-state index contributed by atoms with van der Waals surface area (Å²) < 4.78 is 0. The van der Waals surface area contributed by atoms with Gasteiger partial charge in [0.15, 0.2) is 0 Å². The van der Waals surface area contributed by atoms with Crippen LogP contribution in [0.1, 0.15) is 25.0 Å². The number of aromatic nitrogens is 1. The largest absolute Gasteiger partial charge is 0.390 e. The summed E-state index contributed by atoms with van der Waals surface area (Å²) in [6.07, 6.45) is -0.746. The van der Waals surface area contributed by atoms with E-state index < -0.39 is 17.8 Å². The Morgan fingerprint density at radius 3 is 2.78 bits per heavy atom. The summed E-state index contributed by atoms with van der Waals surface area (Å²) in [6.45, 7) is 1.62. The lowest BCUT2D eigenvalue weighted by atomic mass is 10.0. The molecular formula is C11H15ClN2O4. The van der Waals surface area contributed by atoms with Crippen molar-refractivity contribution in [2.75, 3.05) is 6.54 Å². The molecule has 2 atom stereocenters. The number of aromatic amines is 1. The number of H-pyrrole nitrogens is 1. The number of rotatable bonds is 5. The van der Waals surface area contributed by atoms with Crippen LogP contribution in [0.3, 0.4) is 0 Å². The quantitative estimate of drug-likeness (QED) is 0.604. The topological polar surface area (TPSA) is 102 Å². The van der Waals surface area contributed by atoms with E-state index in [4.69, 9.17) is 11.6 Å². The summed E-state index contributed by atoms with van der Waals surface area (Å²) in [5, 5.41) is 22.0. The zero-order valence-corrected chi connectivity index (χ0v) is 10.6. The molecule has 1 amide bonds. The minimum atomic E-state index is -1.17. The average Bonchev–Trinajstić information content (AvgIpc) is 2.31. The molecule has 0 aliphatic carbocycles. The lowest BCUT2D eigenvalue weighted by molar-refractivity contribution is -0.119. The highest BCUT2D eigenvalue weighted by Gasteiger charge is 2.19. The highest BCUT2D eigenvalue weighted by molar-refractivity contribution is 6.30. The minimum absolute atomic E-state index is 0.0550. The summed E-state index contributed by atoms with van der Waals surface area (Å²) in [5.41, 5.74) is -0.143. The summed E-state index contributed by atoms with van der Waals surface area (Å²) in [4.78, 5) is 24.0. The van der Waals surface area contributed by atoms with Gasteiger partial charge >= 0.3 is 0 Å². The number of aliphatic hydroxyl groups excluding tert-OH is 2. The molecule has 1 aromatic heterocycles. The monoisotopic (exact) mass is 274 g/mol. The van der Waals surface area contributed by atoms with Gasteiger partial charge in [0, 0.05) is 25.2 Å². The molecule has 4 N–H and O–H groups in total. The van der Waals surface area contributed by atoms with Gasteiger partial charge in [-0.15, -0.1) is 0 Å². The Labute approximate surface area is 109 Å². The fourth-order valence-electron chi connectivity index (χ4n) is 1.42. The van der Waals surface area contributed by atoms with Gasteiger partial charge < -0.3 is 20.5 Å². The molecule has 0 aromatic carbocycles. The maximum Gasteiger partial charge on any atom is 0.266 e. The van der Waals surface area contributed by atoms with Crippen LogP contribution in [0, 0.1) is 0 Å². The first kappa shape index (κ1) is 14.7. The average molecular weight is 275 g/mol. The van der Waals surface area contributed by atoms with Gasteiger partial charge in [0.05, 0.1) is 6.10 Å². The Kier molecular flexibility index (Phi) is 5.33. The van der Waals surface area contributed by atoms with Crippen LogP contribution in [0.25, 0.3) is 0 Å². The molecule has 0 aliphatic heterocycles. The van der Waals surface area contributed by atoms with Crippen molar-refractivity contribution in [3.05, 3.63) is 33.2 Å². The predicted octanol–water partition coefficient (Wildman–Crippen LogP) is -0.0512. The van der Waals surface area contributed by atoms with E-state index >= 15 is 0 Å². The zero-order chi connectivity index (χ0) is 13.7. The highest BCUT2D eigenvalue weighted by Crippen LogP contribution is 2.19. The van der Waals surface area contributed by atoms with Crippen molar-refractivity contribution in [2.45, 2.75) is 25.6 Å². The van der Waals surface area contributed by atoms with Crippen molar-refractivity contribution in [2.24, 2.45) is 0 Å². The lowest BCUT2D eigenvalue weighted by Crippen LogP contribution is -2.28. The molecule has 0 saturated heterocycles. The van der Waals surface area contributed by atoms with Crippen molar-refractivity contribution in [3.63, 3.8) is 0 Å². The Hall–Kier alpha value is -1.37. The third-order valence-electron chi connectivity index (χ3n) is 2.40. The maximum absolute atomic E-state index is 11.0. The van der Waals surface area contributed by atoms with Crippen LogP contribution in [-0.2, 0) is 4.79 Å². The molecule has 0 spiro atoms. The number of carbonyl (C=O) groups is 1. The van der Waals surface area contributed by atoms with Crippen molar-refractivity contribution < 1.29 is 15.0 Å². The van der Waals surface area contributed by atoms with Crippen molar-refractivity contribution in [1.82, 2.24) is 10.3 Å². The third-order valence-corrected chi connectivity index (χ3v) is 2.68. The van der Waals surface area contributed by atoms with E-state index in [1.807, 2.05) is 0 Å². The van der Waals surface area contributed by atoms with Crippen LogP contribution in [0.4, 0.5) is 0 Å². The van der Waals surface area contributed by atoms with Crippen LogP contribution in [0.5, 0.6) is 0 Å². The molecule has 100 valence electrons. The normalized spacial score (nSPS) is 14.0. The van der Waals surface area contributed by atoms with Crippen molar-refractivity contribution in [3.8, 4) is 0 Å². The van der Waals surface area contributed by atoms with E-state index in [1.54, 1.807) is 0 Å². The van der Waals surface area contributed by atoms with Gasteiger partial charge in [-0.25, -0.2) is 0 Å². The molecule has 0 saturated carbocycles. The molecule has 2 unspecified atom stereocenters. The lowest BCUT2D eigenvalue weighted by Gasteiger charge is -2.18. The standard InChI is InChI=1S/C11H15ClN2O4/c1-6(15)13-3-2-9(16)10(17)7-4-8(12)11(18)14-5-7/h4-5,9-10,16-17H,2-3H2,1H3,(H,13,15)(H,14,18). The minimum Gasteiger partial charge on any atom is -0.390 e. The summed E-state index contributed by atoms with van der Waals surface area (Å²) in [7, 11) is 0. The van der Waals surface area contributed by atoms with Crippen LogP contribution in [0.15, 0.2) is 17.1 Å². The van der Waals surface area contributed by atoms with Gasteiger partial charge in [0.1, 0.15) is 11.1 Å². The molecule has 7 heteroatoms. The van der Waals surface area contributed by atoms with Gasteiger partial charge in [-0.1, -0.05) is 11.6 Å². The second-order valence-electron chi connectivity index (χ2n) is 3.89. The fourth-order valence-corrected chi connectivity index (χ4v) is 1.60. The first-order chi connectivity index (χ1) is 8.41. The molecule has 0 bridgehead atoms. The van der Waals surface area contributed by atoms with E-state index in [1.165, 1.54) is 19.2 Å². The Morgan fingerprint density at radius 2 is 2.22 bits per heavy atom. The SMILES string of the molecule is CC(=O)NCCC(O)C(O)c1c[nH]c(=O)c(Cl)c1. The van der Waals surface area contributed by atoms with Gasteiger partial charge in [0.2, 0.25) is 5.91 Å². The van der Waals surface area contributed by atoms with Gasteiger partial charge in [-0.05, 0) is 12.5 Å². The van der Waals surface area contributed by atoms with Crippen LogP contribution in [-0.4, -0.2) is 33.8 Å². The molecule has 1 aromatic rings. The maximum atomic E-state index is 11.0. The van der Waals surface area contributed by atoms with E-state index in [0.29, 0.717) is 5.56 Å². The number of hydrogen-bond donors (Lipinski definition) is 4. The molecule has 0 aliphatic rings. The van der Waals surface area contributed by atoms with Gasteiger partial charge in [-0.2, -0.15) is 0 Å². The van der Waals surface area contributed by atoms with E-state index in [-0.39, 0.29) is 23.9 Å². The number of hydrogen-bond acceptors (Lipinski definition) is 4. The smallest absolute Gasteiger partial charge is 0.266 e. The highest BCUT2D eigenvalue weighted by atomic mass is 35.5. The third kappa shape index (κ3) is 4.14.